The Morgan fingerprint density at radius 3 is 2.38 bits per heavy atom. The molecule has 1 N–H and O–H groups in total. The van der Waals surface area contributed by atoms with Gasteiger partial charge >= 0.3 is 0 Å². The molecule has 1 rings (SSSR count). The molecular weight excluding hydrogens is 242 g/mol. The Kier molecular flexibility index (Phi) is 3.60. The number of hydrogen-bond donors (Lipinski definition) is 1. The molecule has 1 atom stereocenters. The molecule has 0 aromatic heterocycles. The van der Waals surface area contributed by atoms with Gasteiger partial charge in [0.15, 0.2) is 0 Å². The summed E-state index contributed by atoms with van der Waals surface area (Å²) in [5.74, 6) is 3.56. The van der Waals surface area contributed by atoms with Gasteiger partial charge in [0.05, 0.1) is 10.7 Å². The highest BCUT2D eigenvalue weighted by Gasteiger charge is 2.15. The molecule has 0 heterocycles. The fourth-order valence-corrected chi connectivity index (χ4v) is 2.16. The van der Waals surface area contributed by atoms with Crippen LogP contribution in [0.5, 0.6) is 0 Å². The van der Waals surface area contributed by atoms with Crippen molar-refractivity contribution in [1.82, 2.24) is 0 Å². The lowest BCUT2D eigenvalue weighted by atomic mass is 9.87. The van der Waals surface area contributed by atoms with Gasteiger partial charge in [-0.25, -0.2) is 4.21 Å². The van der Waals surface area contributed by atoms with Gasteiger partial charge in [0.25, 0.3) is 0 Å². The van der Waals surface area contributed by atoms with Crippen molar-refractivity contribution in [3.63, 3.8) is 0 Å². The lowest BCUT2D eigenvalue weighted by Crippen LogP contribution is -2.14. The normalized spacial score (nSPS) is 15.6. The Morgan fingerprint density at radius 2 is 1.94 bits per heavy atom. The molecular formula is C12H18ClNOS. The van der Waals surface area contributed by atoms with Crippen molar-refractivity contribution in [3.8, 4) is 0 Å². The Hall–Kier alpha value is -0.670. The molecule has 2 nitrogen and oxygen atoms in total. The van der Waals surface area contributed by atoms with Crippen LogP contribution in [0.25, 0.3) is 0 Å². The second kappa shape index (κ2) is 4.30. The maximum atomic E-state index is 11.6. The van der Waals surface area contributed by atoms with E-state index in [0.717, 1.165) is 5.56 Å². The summed E-state index contributed by atoms with van der Waals surface area (Å²) in [7, 11) is -2.30. The number of halogens is 1. The number of rotatable bonds is 2. The third kappa shape index (κ3) is 3.72. The average Bonchev–Trinajstić information content (AvgIpc) is 2.04. The fourth-order valence-electron chi connectivity index (χ4n) is 1.30. The van der Waals surface area contributed by atoms with E-state index in [1.165, 1.54) is 0 Å². The molecule has 0 aliphatic heterocycles. The van der Waals surface area contributed by atoms with Gasteiger partial charge in [-0.05, 0) is 29.0 Å². The van der Waals surface area contributed by atoms with Crippen molar-refractivity contribution in [2.45, 2.75) is 26.2 Å². The van der Waals surface area contributed by atoms with E-state index < -0.39 is 9.71 Å². The summed E-state index contributed by atoms with van der Waals surface area (Å²) in [6.07, 6.45) is 1.55. The van der Waals surface area contributed by atoms with Gasteiger partial charge in [0, 0.05) is 16.0 Å². The van der Waals surface area contributed by atoms with Crippen molar-refractivity contribution in [3.05, 3.63) is 28.8 Å². The SMILES string of the molecule is C=S(C)(=O)Nc1cc(C(C)(C)C)ccc1Cl. The molecule has 0 radical (unpaired) electrons. The lowest BCUT2D eigenvalue weighted by Gasteiger charge is -2.21. The van der Waals surface area contributed by atoms with E-state index in [4.69, 9.17) is 11.6 Å². The summed E-state index contributed by atoms with van der Waals surface area (Å²) in [6.45, 7) is 6.36. The number of anilines is 1. The summed E-state index contributed by atoms with van der Waals surface area (Å²) in [6, 6.07) is 5.72. The first-order valence-electron chi connectivity index (χ1n) is 4.99. The molecule has 0 aliphatic rings. The Balaban J connectivity index is 3.20. The minimum absolute atomic E-state index is 0.0385. The molecule has 0 fully saturated rings. The molecule has 1 unspecified atom stereocenters. The Morgan fingerprint density at radius 1 is 1.38 bits per heavy atom. The van der Waals surface area contributed by atoms with Crippen LogP contribution in [0.1, 0.15) is 26.3 Å². The van der Waals surface area contributed by atoms with Crippen LogP contribution in [0.3, 0.4) is 0 Å². The first kappa shape index (κ1) is 13.4. The van der Waals surface area contributed by atoms with Crippen LogP contribution in [0.4, 0.5) is 5.69 Å². The van der Waals surface area contributed by atoms with Crippen LogP contribution in [0.15, 0.2) is 18.2 Å². The second-order valence-electron chi connectivity index (χ2n) is 5.05. The van der Waals surface area contributed by atoms with Crippen LogP contribution in [-0.2, 0) is 15.1 Å². The number of hydrogen-bond acceptors (Lipinski definition) is 1. The van der Waals surface area contributed by atoms with Gasteiger partial charge in [0.1, 0.15) is 0 Å². The highest BCUT2D eigenvalue weighted by molar-refractivity contribution is 8.00. The third-order valence-corrected chi connectivity index (χ3v) is 3.14. The molecule has 90 valence electrons. The van der Waals surface area contributed by atoms with Crippen molar-refractivity contribution < 1.29 is 4.21 Å². The third-order valence-electron chi connectivity index (χ3n) is 2.16. The summed E-state index contributed by atoms with van der Waals surface area (Å²) >= 11 is 6.04. The van der Waals surface area contributed by atoms with Crippen LogP contribution < -0.4 is 4.72 Å². The molecule has 0 spiro atoms. The quantitative estimate of drug-likeness (QED) is 0.812. The molecule has 0 aliphatic carbocycles. The van der Waals surface area contributed by atoms with Crippen LogP contribution >= 0.6 is 11.6 Å². The first-order chi connectivity index (χ1) is 7.09. The van der Waals surface area contributed by atoms with E-state index in [1.807, 2.05) is 18.2 Å². The van der Waals surface area contributed by atoms with E-state index in [-0.39, 0.29) is 5.41 Å². The fraction of sp³-hybridized carbons (Fsp3) is 0.417. The predicted octanol–water partition coefficient (Wildman–Crippen LogP) is 3.31. The predicted molar refractivity (Wildman–Crippen MR) is 75.0 cm³/mol. The molecule has 1 aromatic carbocycles. The second-order valence-corrected chi connectivity index (χ2v) is 7.67. The maximum Gasteiger partial charge on any atom is 0.0646 e. The van der Waals surface area contributed by atoms with Gasteiger partial charge < -0.3 is 4.72 Å². The van der Waals surface area contributed by atoms with Crippen molar-refractivity contribution in [2.75, 3.05) is 11.0 Å². The molecule has 1 aromatic rings. The zero-order valence-corrected chi connectivity index (χ0v) is 11.7. The topological polar surface area (TPSA) is 29.1 Å². The molecule has 4 heteroatoms. The van der Waals surface area contributed by atoms with Gasteiger partial charge in [-0.3, -0.25) is 0 Å². The van der Waals surface area contributed by atoms with Crippen molar-refractivity contribution >= 4 is 32.9 Å². The van der Waals surface area contributed by atoms with E-state index in [1.54, 1.807) is 6.26 Å². The molecule has 0 amide bonds. The largest absolute Gasteiger partial charge is 0.312 e. The van der Waals surface area contributed by atoms with E-state index in [0.29, 0.717) is 10.7 Å². The average molecular weight is 260 g/mol. The van der Waals surface area contributed by atoms with Crippen molar-refractivity contribution in [1.29, 1.82) is 0 Å². The van der Waals surface area contributed by atoms with E-state index in [9.17, 15) is 4.21 Å². The van der Waals surface area contributed by atoms with Crippen LogP contribution in [0, 0.1) is 0 Å². The molecule has 0 bridgehead atoms. The zero-order valence-electron chi connectivity index (χ0n) is 10.1. The van der Waals surface area contributed by atoms with E-state index >= 15 is 0 Å². The number of benzene rings is 1. The summed E-state index contributed by atoms with van der Waals surface area (Å²) in [5, 5.41) is 0.561. The smallest absolute Gasteiger partial charge is 0.0646 e. The number of nitrogens with one attached hydrogen (secondary N) is 1. The Labute approximate surface area is 103 Å². The molecule has 16 heavy (non-hydrogen) atoms. The van der Waals surface area contributed by atoms with Crippen LogP contribution in [-0.4, -0.2) is 16.3 Å². The zero-order chi connectivity index (χ0) is 12.6. The van der Waals surface area contributed by atoms with Crippen LogP contribution in [0.2, 0.25) is 5.02 Å². The van der Waals surface area contributed by atoms with Gasteiger partial charge in [-0.15, -0.1) is 0 Å². The highest BCUT2D eigenvalue weighted by atomic mass is 35.5. The molecule has 0 saturated heterocycles. The van der Waals surface area contributed by atoms with Gasteiger partial charge in [0.2, 0.25) is 0 Å². The lowest BCUT2D eigenvalue weighted by molar-refractivity contribution is 0.590. The maximum absolute atomic E-state index is 11.6. The summed E-state index contributed by atoms with van der Waals surface area (Å²) < 4.78 is 14.4. The van der Waals surface area contributed by atoms with Gasteiger partial charge in [-0.1, -0.05) is 38.4 Å². The Bertz CT molecular complexity index is 486. The van der Waals surface area contributed by atoms with Crippen molar-refractivity contribution in [2.24, 2.45) is 0 Å². The minimum atomic E-state index is -2.30. The standard InChI is InChI=1S/C12H18ClNOS/c1-12(2,3)9-6-7-10(13)11(8-9)14-16(4,5)15/h6-8H,4H2,1-3,5H3,(H,14,15). The molecule has 0 saturated carbocycles. The summed E-state index contributed by atoms with van der Waals surface area (Å²) in [4.78, 5) is 0. The summed E-state index contributed by atoms with van der Waals surface area (Å²) in [5.41, 5.74) is 1.86. The highest BCUT2D eigenvalue weighted by Crippen LogP contribution is 2.30. The first-order valence-corrected chi connectivity index (χ1v) is 7.51. The monoisotopic (exact) mass is 259 g/mol. The van der Waals surface area contributed by atoms with E-state index in [2.05, 4.69) is 31.4 Å². The minimum Gasteiger partial charge on any atom is -0.312 e. The van der Waals surface area contributed by atoms with Gasteiger partial charge in [-0.2, -0.15) is 0 Å².